The van der Waals surface area contributed by atoms with Crippen LogP contribution in [0.5, 0.6) is 0 Å². The molecule has 0 heterocycles. The van der Waals surface area contributed by atoms with Gasteiger partial charge in [0.2, 0.25) is 0 Å². The Morgan fingerprint density at radius 2 is 2.05 bits per heavy atom. The molecule has 7 heteroatoms. The zero-order valence-corrected chi connectivity index (χ0v) is 10.9. The van der Waals surface area contributed by atoms with E-state index in [1.54, 1.807) is 19.9 Å². The lowest BCUT2D eigenvalue weighted by atomic mass is 10.1. The minimum absolute atomic E-state index is 0.0638. The Hall–Kier alpha value is -2.44. The van der Waals surface area contributed by atoms with Gasteiger partial charge in [0.1, 0.15) is 5.69 Å². The number of benzene rings is 1. The van der Waals surface area contributed by atoms with Gasteiger partial charge in [-0.3, -0.25) is 19.8 Å². The third-order valence-corrected chi connectivity index (χ3v) is 2.50. The first-order chi connectivity index (χ1) is 8.90. The third kappa shape index (κ3) is 3.06. The topological polar surface area (TPSA) is 89.8 Å². The maximum absolute atomic E-state index is 11.8. The number of rotatable bonds is 3. The van der Waals surface area contributed by atoms with Gasteiger partial charge in [-0.2, -0.15) is 0 Å². The van der Waals surface area contributed by atoms with E-state index in [4.69, 9.17) is 0 Å². The summed E-state index contributed by atoms with van der Waals surface area (Å²) >= 11 is 0. The van der Waals surface area contributed by atoms with Crippen LogP contribution >= 0.6 is 0 Å². The molecule has 1 aromatic rings. The molecule has 0 atom stereocenters. The number of ether oxygens (including phenoxy) is 1. The second kappa shape index (κ2) is 5.94. The maximum Gasteiger partial charge on any atom is 0.397 e. The average Bonchev–Trinajstić information content (AvgIpc) is 2.36. The predicted octanol–water partition coefficient (Wildman–Crippen LogP) is 1.43. The van der Waals surface area contributed by atoms with E-state index in [1.807, 2.05) is 0 Å². The Morgan fingerprint density at radius 1 is 1.42 bits per heavy atom. The third-order valence-electron chi connectivity index (χ3n) is 2.50. The molecule has 1 rings (SSSR count). The number of anilines is 1. The van der Waals surface area contributed by atoms with Gasteiger partial charge in [0.25, 0.3) is 5.69 Å². The Labute approximate surface area is 109 Å². The van der Waals surface area contributed by atoms with Crippen LogP contribution in [-0.4, -0.2) is 30.5 Å². The molecule has 0 aromatic heterocycles. The summed E-state index contributed by atoms with van der Waals surface area (Å²) in [5.74, 6) is -1.98. The largest absolute Gasteiger partial charge is 0.459 e. The van der Waals surface area contributed by atoms with Crippen LogP contribution in [-0.2, 0) is 14.3 Å². The van der Waals surface area contributed by atoms with Gasteiger partial charge in [0.15, 0.2) is 0 Å². The van der Waals surface area contributed by atoms with Crippen molar-refractivity contribution in [3.63, 3.8) is 0 Å². The fourth-order valence-electron chi connectivity index (χ4n) is 1.66. The molecule has 0 aliphatic rings. The van der Waals surface area contributed by atoms with E-state index < -0.39 is 16.8 Å². The molecule has 0 fully saturated rings. The van der Waals surface area contributed by atoms with Gasteiger partial charge in [-0.15, -0.1) is 0 Å². The molecule has 102 valence electrons. The van der Waals surface area contributed by atoms with Crippen LogP contribution in [0.3, 0.4) is 0 Å². The quantitative estimate of drug-likeness (QED) is 0.357. The number of amides is 1. The molecule has 1 aromatic carbocycles. The van der Waals surface area contributed by atoms with Gasteiger partial charge in [-0.05, 0) is 19.4 Å². The van der Waals surface area contributed by atoms with E-state index in [9.17, 15) is 19.7 Å². The Balaban J connectivity index is 3.19. The van der Waals surface area contributed by atoms with Crippen molar-refractivity contribution in [3.8, 4) is 0 Å². The first kappa shape index (κ1) is 14.6. The number of esters is 1. The Kier molecular flexibility index (Phi) is 4.57. The lowest BCUT2D eigenvalue weighted by Crippen LogP contribution is -2.35. The van der Waals surface area contributed by atoms with Crippen LogP contribution in [0, 0.1) is 17.0 Å². The molecule has 0 spiro atoms. The fraction of sp³-hybridized carbons (Fsp3) is 0.333. The molecule has 0 saturated carbocycles. The number of nitro groups is 1. The SMILES string of the molecule is CCOC(=O)C(=O)N(C)c1c(C)cccc1[N+](=O)[O-]. The number of aryl methyl sites for hydroxylation is 1. The van der Waals surface area contributed by atoms with Gasteiger partial charge < -0.3 is 4.74 Å². The first-order valence-electron chi connectivity index (χ1n) is 5.59. The predicted molar refractivity (Wildman–Crippen MR) is 67.9 cm³/mol. The summed E-state index contributed by atoms with van der Waals surface area (Å²) in [6.07, 6.45) is 0. The Morgan fingerprint density at radius 3 is 2.58 bits per heavy atom. The molecular formula is C12H14N2O5. The highest BCUT2D eigenvalue weighted by Crippen LogP contribution is 2.30. The average molecular weight is 266 g/mol. The van der Waals surface area contributed by atoms with Crippen LogP contribution in [0.2, 0.25) is 0 Å². The van der Waals surface area contributed by atoms with Crippen molar-refractivity contribution in [2.45, 2.75) is 13.8 Å². The molecule has 0 aliphatic carbocycles. The molecule has 19 heavy (non-hydrogen) atoms. The maximum atomic E-state index is 11.8. The minimum atomic E-state index is -1.04. The van der Waals surface area contributed by atoms with Crippen LogP contribution in [0.4, 0.5) is 11.4 Å². The monoisotopic (exact) mass is 266 g/mol. The van der Waals surface area contributed by atoms with Crippen LogP contribution < -0.4 is 4.90 Å². The molecule has 0 radical (unpaired) electrons. The fourth-order valence-corrected chi connectivity index (χ4v) is 1.66. The van der Waals surface area contributed by atoms with Gasteiger partial charge in [0, 0.05) is 13.1 Å². The summed E-state index contributed by atoms with van der Waals surface area (Å²) in [6.45, 7) is 3.26. The van der Waals surface area contributed by atoms with Gasteiger partial charge in [-0.1, -0.05) is 12.1 Å². The molecule has 7 nitrogen and oxygen atoms in total. The van der Waals surface area contributed by atoms with E-state index in [-0.39, 0.29) is 18.0 Å². The van der Waals surface area contributed by atoms with E-state index in [2.05, 4.69) is 4.74 Å². The van der Waals surface area contributed by atoms with Crippen LogP contribution in [0.1, 0.15) is 12.5 Å². The second-order valence-electron chi connectivity index (χ2n) is 3.78. The summed E-state index contributed by atoms with van der Waals surface area (Å²) < 4.78 is 4.59. The Bertz CT molecular complexity index is 527. The number of hydrogen-bond donors (Lipinski definition) is 0. The molecule has 0 N–H and O–H groups in total. The van der Waals surface area contributed by atoms with Crippen LogP contribution in [0.15, 0.2) is 18.2 Å². The molecule has 0 unspecified atom stereocenters. The number of likely N-dealkylation sites (N-methyl/N-ethyl adjacent to an activating group) is 1. The summed E-state index contributed by atoms with van der Waals surface area (Å²) in [5.41, 5.74) is 0.375. The number of carbonyl (C=O) groups is 2. The summed E-state index contributed by atoms with van der Waals surface area (Å²) in [5, 5.41) is 10.9. The highest BCUT2D eigenvalue weighted by atomic mass is 16.6. The highest BCUT2D eigenvalue weighted by molar-refractivity contribution is 6.38. The number of carbonyl (C=O) groups excluding carboxylic acids is 2. The van der Waals surface area contributed by atoms with E-state index in [0.717, 1.165) is 4.90 Å². The molecular weight excluding hydrogens is 252 g/mol. The van der Waals surface area contributed by atoms with Crippen molar-refractivity contribution in [1.82, 2.24) is 0 Å². The van der Waals surface area contributed by atoms with Gasteiger partial charge >= 0.3 is 11.9 Å². The molecule has 0 saturated heterocycles. The number of nitrogens with zero attached hydrogens (tertiary/aromatic N) is 2. The zero-order valence-electron chi connectivity index (χ0n) is 10.9. The summed E-state index contributed by atoms with van der Waals surface area (Å²) in [6, 6.07) is 4.41. The van der Waals surface area contributed by atoms with Gasteiger partial charge in [-0.25, -0.2) is 4.79 Å². The number of para-hydroxylation sites is 1. The lowest BCUT2D eigenvalue weighted by Gasteiger charge is -2.18. The van der Waals surface area contributed by atoms with Crippen LogP contribution in [0.25, 0.3) is 0 Å². The van der Waals surface area contributed by atoms with E-state index >= 15 is 0 Å². The normalized spacial score (nSPS) is 9.84. The smallest absolute Gasteiger partial charge is 0.397 e. The van der Waals surface area contributed by atoms with Gasteiger partial charge in [0.05, 0.1) is 11.5 Å². The molecule has 0 aliphatic heterocycles. The number of hydrogen-bond acceptors (Lipinski definition) is 5. The number of nitro benzene ring substituents is 1. The van der Waals surface area contributed by atoms with Crippen molar-refractivity contribution in [3.05, 3.63) is 33.9 Å². The van der Waals surface area contributed by atoms with Crippen molar-refractivity contribution < 1.29 is 19.2 Å². The van der Waals surface area contributed by atoms with Crippen molar-refractivity contribution in [2.75, 3.05) is 18.6 Å². The minimum Gasteiger partial charge on any atom is -0.459 e. The van der Waals surface area contributed by atoms with Crippen molar-refractivity contribution >= 4 is 23.3 Å². The van der Waals surface area contributed by atoms with E-state index in [1.165, 1.54) is 19.2 Å². The second-order valence-corrected chi connectivity index (χ2v) is 3.78. The standard InChI is InChI=1S/C12H14N2O5/c1-4-19-12(16)11(15)13(3)10-8(2)6-5-7-9(10)14(17)18/h5-7H,4H2,1-3H3. The van der Waals surface area contributed by atoms with E-state index in [0.29, 0.717) is 5.56 Å². The lowest BCUT2D eigenvalue weighted by molar-refractivity contribution is -0.384. The highest BCUT2D eigenvalue weighted by Gasteiger charge is 2.28. The van der Waals surface area contributed by atoms with Crippen molar-refractivity contribution in [2.24, 2.45) is 0 Å². The molecule has 0 bridgehead atoms. The first-order valence-corrected chi connectivity index (χ1v) is 5.59. The summed E-state index contributed by atoms with van der Waals surface area (Å²) in [4.78, 5) is 34.4. The zero-order chi connectivity index (χ0) is 14.6. The van der Waals surface area contributed by atoms with Crippen molar-refractivity contribution in [1.29, 1.82) is 0 Å². The molecule has 1 amide bonds. The summed E-state index contributed by atoms with van der Waals surface area (Å²) in [7, 11) is 1.30.